The van der Waals surface area contributed by atoms with Crippen molar-refractivity contribution in [2.45, 2.75) is 32.4 Å². The van der Waals surface area contributed by atoms with Crippen LogP contribution in [0.25, 0.3) is 0 Å². The summed E-state index contributed by atoms with van der Waals surface area (Å²) in [6.07, 6.45) is 1.29. The highest BCUT2D eigenvalue weighted by atomic mass is 35.5. The zero-order valence-electron chi connectivity index (χ0n) is 13.2. The largest absolute Gasteiger partial charge is 0.349 e. The number of sulfonamides is 1. The number of carbonyl (C=O) groups is 1. The Hall–Kier alpha value is -1.15. The van der Waals surface area contributed by atoms with Crippen molar-refractivity contribution in [1.29, 1.82) is 0 Å². The van der Waals surface area contributed by atoms with Gasteiger partial charge in [0.05, 0.1) is 5.75 Å². The van der Waals surface area contributed by atoms with E-state index in [1.807, 2.05) is 12.1 Å². The lowest BCUT2D eigenvalue weighted by atomic mass is 10.1. The molecule has 0 saturated carbocycles. The van der Waals surface area contributed by atoms with Gasteiger partial charge in [0, 0.05) is 31.2 Å². The average molecular weight is 362 g/mol. The quantitative estimate of drug-likeness (QED) is 0.821. The molecule has 23 heavy (non-hydrogen) atoms. The van der Waals surface area contributed by atoms with Gasteiger partial charge < -0.3 is 11.1 Å². The molecule has 0 atom stereocenters. The molecule has 1 amide bonds. The second-order valence-corrected chi connectivity index (χ2v) is 7.71. The highest BCUT2D eigenvalue weighted by Crippen LogP contribution is 2.15. The Morgan fingerprint density at radius 1 is 1.26 bits per heavy atom. The first kappa shape index (κ1) is 19.9. The van der Waals surface area contributed by atoms with E-state index >= 15 is 0 Å². The van der Waals surface area contributed by atoms with Crippen LogP contribution in [0.5, 0.6) is 0 Å². The van der Waals surface area contributed by atoms with Crippen LogP contribution < -0.4 is 11.1 Å². The molecule has 0 aliphatic carbocycles. The maximum absolute atomic E-state index is 12.2. The van der Waals surface area contributed by atoms with Crippen LogP contribution in [0.15, 0.2) is 24.3 Å². The third kappa shape index (κ3) is 5.17. The Kier molecular flexibility index (Phi) is 7.47. The number of hydrogen-bond donors (Lipinski definition) is 2. The predicted molar refractivity (Wildman–Crippen MR) is 93.1 cm³/mol. The Labute approximate surface area is 143 Å². The fourth-order valence-electron chi connectivity index (χ4n) is 2.52. The summed E-state index contributed by atoms with van der Waals surface area (Å²) in [5.41, 5.74) is 7.11. The molecule has 8 heteroatoms. The number of rotatable bonds is 5. The van der Waals surface area contributed by atoms with Gasteiger partial charge in [0.1, 0.15) is 0 Å². The van der Waals surface area contributed by atoms with E-state index in [4.69, 9.17) is 5.73 Å². The normalized spacial score (nSPS) is 16.6. The van der Waals surface area contributed by atoms with E-state index in [0.29, 0.717) is 38.0 Å². The van der Waals surface area contributed by atoms with Gasteiger partial charge in [-0.1, -0.05) is 12.1 Å². The third-order valence-corrected chi connectivity index (χ3v) is 5.88. The van der Waals surface area contributed by atoms with Crippen LogP contribution in [0.3, 0.4) is 0 Å². The van der Waals surface area contributed by atoms with Gasteiger partial charge in [-0.25, -0.2) is 12.7 Å². The summed E-state index contributed by atoms with van der Waals surface area (Å²) in [4.78, 5) is 12.2. The highest BCUT2D eigenvalue weighted by molar-refractivity contribution is 7.89. The van der Waals surface area contributed by atoms with Gasteiger partial charge in [-0.2, -0.15) is 0 Å². The van der Waals surface area contributed by atoms with E-state index < -0.39 is 10.0 Å². The van der Waals surface area contributed by atoms with Crippen molar-refractivity contribution >= 4 is 28.3 Å². The Bertz CT molecular complexity index is 611. The first-order valence-electron chi connectivity index (χ1n) is 7.54. The lowest BCUT2D eigenvalue weighted by Gasteiger charge is -2.31. The van der Waals surface area contributed by atoms with E-state index in [2.05, 4.69) is 5.32 Å². The van der Waals surface area contributed by atoms with Crippen molar-refractivity contribution in [2.75, 3.05) is 18.8 Å². The van der Waals surface area contributed by atoms with Crippen LogP contribution in [0.2, 0.25) is 0 Å². The maximum atomic E-state index is 12.2. The smallest absolute Gasteiger partial charge is 0.251 e. The number of amides is 1. The fraction of sp³-hybridized carbons (Fsp3) is 0.533. The van der Waals surface area contributed by atoms with Crippen molar-refractivity contribution < 1.29 is 13.2 Å². The van der Waals surface area contributed by atoms with E-state index in [-0.39, 0.29) is 30.1 Å². The van der Waals surface area contributed by atoms with E-state index in [1.54, 1.807) is 19.1 Å². The number of piperidine rings is 1. The van der Waals surface area contributed by atoms with Crippen molar-refractivity contribution in [2.24, 2.45) is 5.73 Å². The molecule has 0 aromatic heterocycles. The van der Waals surface area contributed by atoms with Crippen LogP contribution in [0, 0.1) is 0 Å². The molecule has 130 valence electrons. The number of carbonyl (C=O) groups excluding carboxylic acids is 1. The van der Waals surface area contributed by atoms with Gasteiger partial charge in [0.25, 0.3) is 5.91 Å². The molecule has 3 N–H and O–H groups in total. The summed E-state index contributed by atoms with van der Waals surface area (Å²) in [5.74, 6) is -0.00212. The standard InChI is InChI=1S/C15H23N3O3S.ClH/c1-2-22(20,21)18-9-7-14(8-10-18)17-15(19)13-5-3-12(11-16)4-6-13;/h3-6,14H,2,7-11,16H2,1H3,(H,17,19);1H. The monoisotopic (exact) mass is 361 g/mol. The number of nitrogens with zero attached hydrogens (tertiary/aromatic N) is 1. The lowest BCUT2D eigenvalue weighted by molar-refractivity contribution is 0.0924. The van der Waals surface area contributed by atoms with Crippen molar-refractivity contribution in [3.05, 3.63) is 35.4 Å². The lowest BCUT2D eigenvalue weighted by Crippen LogP contribution is -2.46. The predicted octanol–water partition coefficient (Wildman–Crippen LogP) is 1.11. The Morgan fingerprint density at radius 2 is 1.83 bits per heavy atom. The number of nitrogens with one attached hydrogen (secondary N) is 1. The van der Waals surface area contributed by atoms with Gasteiger partial charge in [-0.15, -0.1) is 12.4 Å². The second-order valence-electron chi connectivity index (χ2n) is 5.45. The zero-order valence-corrected chi connectivity index (χ0v) is 14.8. The molecular formula is C15H24ClN3O3S. The molecular weight excluding hydrogens is 338 g/mol. The van der Waals surface area contributed by atoms with Gasteiger partial charge in [-0.05, 0) is 37.5 Å². The molecule has 1 aromatic carbocycles. The van der Waals surface area contributed by atoms with Crippen molar-refractivity contribution in [3.8, 4) is 0 Å². The summed E-state index contributed by atoms with van der Waals surface area (Å²) in [6, 6.07) is 7.21. The summed E-state index contributed by atoms with van der Waals surface area (Å²) in [7, 11) is -3.12. The first-order chi connectivity index (χ1) is 10.5. The van der Waals surface area contributed by atoms with Crippen LogP contribution >= 0.6 is 12.4 Å². The van der Waals surface area contributed by atoms with E-state index in [1.165, 1.54) is 4.31 Å². The SMILES string of the molecule is CCS(=O)(=O)N1CCC(NC(=O)c2ccc(CN)cc2)CC1.Cl. The molecule has 1 fully saturated rings. The molecule has 2 rings (SSSR count). The van der Waals surface area contributed by atoms with Crippen molar-refractivity contribution in [3.63, 3.8) is 0 Å². The molecule has 1 saturated heterocycles. The summed E-state index contributed by atoms with van der Waals surface area (Å²) >= 11 is 0. The van der Waals surface area contributed by atoms with Crippen LogP contribution in [0.4, 0.5) is 0 Å². The van der Waals surface area contributed by atoms with Gasteiger partial charge in [0.15, 0.2) is 0 Å². The van der Waals surface area contributed by atoms with Gasteiger partial charge in [0.2, 0.25) is 10.0 Å². The minimum Gasteiger partial charge on any atom is -0.349 e. The summed E-state index contributed by atoms with van der Waals surface area (Å²) in [6.45, 7) is 3.03. The Balaban J connectivity index is 0.00000264. The number of hydrogen-bond acceptors (Lipinski definition) is 4. The first-order valence-corrected chi connectivity index (χ1v) is 9.15. The van der Waals surface area contributed by atoms with Crippen molar-refractivity contribution in [1.82, 2.24) is 9.62 Å². The topological polar surface area (TPSA) is 92.5 Å². The van der Waals surface area contributed by atoms with Gasteiger partial charge >= 0.3 is 0 Å². The summed E-state index contributed by atoms with van der Waals surface area (Å²) in [5, 5.41) is 2.97. The van der Waals surface area contributed by atoms with E-state index in [9.17, 15) is 13.2 Å². The molecule has 1 aliphatic rings. The number of halogens is 1. The van der Waals surface area contributed by atoms with Crippen LogP contribution in [-0.4, -0.2) is 43.5 Å². The average Bonchev–Trinajstić information content (AvgIpc) is 2.55. The molecule has 0 spiro atoms. The zero-order chi connectivity index (χ0) is 16.2. The molecule has 1 aromatic rings. The van der Waals surface area contributed by atoms with Gasteiger partial charge in [-0.3, -0.25) is 4.79 Å². The Morgan fingerprint density at radius 3 is 2.30 bits per heavy atom. The summed E-state index contributed by atoms with van der Waals surface area (Å²) < 4.78 is 25.1. The van der Waals surface area contributed by atoms with Crippen LogP contribution in [0.1, 0.15) is 35.7 Å². The molecule has 0 unspecified atom stereocenters. The molecule has 1 heterocycles. The second kappa shape index (κ2) is 8.63. The number of benzene rings is 1. The molecule has 6 nitrogen and oxygen atoms in total. The maximum Gasteiger partial charge on any atom is 0.251 e. The third-order valence-electron chi connectivity index (χ3n) is 4.00. The minimum atomic E-state index is -3.12. The fourth-order valence-corrected chi connectivity index (χ4v) is 3.65. The molecule has 1 aliphatic heterocycles. The minimum absolute atomic E-state index is 0. The number of nitrogens with two attached hydrogens (primary N) is 1. The van der Waals surface area contributed by atoms with E-state index in [0.717, 1.165) is 5.56 Å². The molecule has 0 radical (unpaired) electrons. The molecule has 0 bridgehead atoms. The highest BCUT2D eigenvalue weighted by Gasteiger charge is 2.27. The van der Waals surface area contributed by atoms with Crippen LogP contribution in [-0.2, 0) is 16.6 Å².